The van der Waals surface area contributed by atoms with Crippen LogP contribution >= 0.6 is 11.3 Å². The molecule has 150 valence electrons. The first-order valence-electron chi connectivity index (χ1n) is 9.45. The first-order valence-corrected chi connectivity index (χ1v) is 10.3. The third-order valence-electron chi connectivity index (χ3n) is 5.11. The molecule has 3 aromatic rings. The van der Waals surface area contributed by atoms with Crippen LogP contribution in [0.3, 0.4) is 0 Å². The van der Waals surface area contributed by atoms with E-state index in [0.29, 0.717) is 25.9 Å². The highest BCUT2D eigenvalue weighted by atomic mass is 32.1. The molecule has 4 rings (SSSR count). The fourth-order valence-electron chi connectivity index (χ4n) is 3.44. The molecule has 8 heteroatoms. The Balaban J connectivity index is 1.30. The molecular weight excluding hydrogens is 394 g/mol. The number of hydrogen-bond donors (Lipinski definition) is 1. The van der Waals surface area contributed by atoms with Gasteiger partial charge in [-0.15, -0.1) is 21.5 Å². The van der Waals surface area contributed by atoms with E-state index >= 15 is 0 Å². The third-order valence-corrected chi connectivity index (χ3v) is 6.01. The maximum Gasteiger partial charge on any atom is 0.223 e. The predicted molar refractivity (Wildman–Crippen MR) is 108 cm³/mol. The Labute approximate surface area is 171 Å². The molecule has 0 unspecified atom stereocenters. The van der Waals surface area contributed by atoms with Crippen molar-refractivity contribution in [1.82, 2.24) is 15.5 Å². The topological polar surface area (TPSA) is 58.1 Å². The molecule has 1 aliphatic heterocycles. The molecule has 5 nitrogen and oxygen atoms in total. The Morgan fingerprint density at radius 3 is 2.45 bits per heavy atom. The maximum atomic E-state index is 13.7. The Hall–Kier alpha value is -2.87. The second-order valence-corrected chi connectivity index (χ2v) is 7.88. The number of amides is 1. The van der Waals surface area contributed by atoms with Crippen molar-refractivity contribution >= 4 is 23.1 Å². The normalized spacial score (nSPS) is 14.8. The summed E-state index contributed by atoms with van der Waals surface area (Å²) in [5.74, 6) is -0.863. The van der Waals surface area contributed by atoms with E-state index in [4.69, 9.17) is 0 Å². The monoisotopic (exact) mass is 414 g/mol. The highest BCUT2D eigenvalue weighted by Crippen LogP contribution is 2.25. The highest BCUT2D eigenvalue weighted by molar-refractivity contribution is 7.13. The number of carbonyl (C=O) groups is 1. The standard InChI is InChI=1S/C21H20F2N4OS/c22-16-3-1-4-17(23)15(16)13-24-21(28)14-8-10-27(11-9-14)20-7-6-18(25-26-20)19-5-2-12-29-19/h1-7,12,14H,8-11,13H2,(H,24,28). The number of hydrogen-bond acceptors (Lipinski definition) is 5. The lowest BCUT2D eigenvalue weighted by Gasteiger charge is -2.31. The van der Waals surface area contributed by atoms with E-state index in [2.05, 4.69) is 20.4 Å². The number of benzene rings is 1. The summed E-state index contributed by atoms with van der Waals surface area (Å²) in [6, 6.07) is 11.6. The Morgan fingerprint density at radius 2 is 1.83 bits per heavy atom. The fourth-order valence-corrected chi connectivity index (χ4v) is 4.13. The largest absolute Gasteiger partial charge is 0.355 e. The minimum Gasteiger partial charge on any atom is -0.355 e. The minimum atomic E-state index is -0.648. The molecular formula is C21H20F2N4OS. The van der Waals surface area contributed by atoms with Crippen molar-refractivity contribution < 1.29 is 13.6 Å². The SMILES string of the molecule is O=C(NCc1c(F)cccc1F)C1CCN(c2ccc(-c3cccs3)nn2)CC1. The maximum absolute atomic E-state index is 13.7. The molecule has 1 amide bonds. The van der Waals surface area contributed by atoms with Crippen LogP contribution in [0.1, 0.15) is 18.4 Å². The Kier molecular flexibility index (Phi) is 5.80. The molecule has 0 radical (unpaired) electrons. The second kappa shape index (κ2) is 8.65. The molecule has 0 aliphatic carbocycles. The number of anilines is 1. The van der Waals surface area contributed by atoms with E-state index < -0.39 is 11.6 Å². The van der Waals surface area contributed by atoms with Crippen molar-refractivity contribution in [2.24, 2.45) is 5.92 Å². The average molecular weight is 414 g/mol. The summed E-state index contributed by atoms with van der Waals surface area (Å²) in [6.45, 7) is 1.21. The van der Waals surface area contributed by atoms with Crippen LogP contribution in [0.4, 0.5) is 14.6 Å². The van der Waals surface area contributed by atoms with Gasteiger partial charge in [0.05, 0.1) is 4.88 Å². The fraction of sp³-hybridized carbons (Fsp3) is 0.286. The molecule has 1 fully saturated rings. The first-order chi connectivity index (χ1) is 14.1. The second-order valence-electron chi connectivity index (χ2n) is 6.93. The third kappa shape index (κ3) is 4.42. The number of nitrogens with one attached hydrogen (secondary N) is 1. The first kappa shape index (κ1) is 19.4. The summed E-state index contributed by atoms with van der Waals surface area (Å²) in [5, 5.41) is 13.3. The van der Waals surface area contributed by atoms with Crippen LogP contribution in [0.25, 0.3) is 10.6 Å². The molecule has 1 aromatic carbocycles. The quantitative estimate of drug-likeness (QED) is 0.685. The Bertz CT molecular complexity index is 951. The molecule has 3 heterocycles. The lowest BCUT2D eigenvalue weighted by molar-refractivity contribution is -0.125. The van der Waals surface area contributed by atoms with E-state index in [0.717, 1.165) is 16.4 Å². The smallest absolute Gasteiger partial charge is 0.223 e. The number of halogens is 2. The molecule has 0 saturated carbocycles. The molecule has 0 spiro atoms. The van der Waals surface area contributed by atoms with E-state index in [-0.39, 0.29) is 23.9 Å². The number of rotatable bonds is 5. The summed E-state index contributed by atoms with van der Waals surface area (Å²) in [4.78, 5) is 15.6. The number of aromatic nitrogens is 2. The minimum absolute atomic E-state index is 0.112. The summed E-state index contributed by atoms with van der Waals surface area (Å²) in [5.41, 5.74) is 0.734. The van der Waals surface area contributed by atoms with Gasteiger partial charge >= 0.3 is 0 Å². The van der Waals surface area contributed by atoms with E-state index in [1.165, 1.54) is 18.2 Å². The van der Waals surface area contributed by atoms with Gasteiger partial charge in [0.15, 0.2) is 5.82 Å². The lowest BCUT2D eigenvalue weighted by Crippen LogP contribution is -2.40. The number of nitrogens with zero attached hydrogens (tertiary/aromatic N) is 3. The van der Waals surface area contributed by atoms with Gasteiger partial charge in [-0.05, 0) is 48.6 Å². The predicted octanol–water partition coefficient (Wildman–Crippen LogP) is 4.02. The molecule has 0 bridgehead atoms. The lowest BCUT2D eigenvalue weighted by atomic mass is 9.96. The van der Waals surface area contributed by atoms with Crippen molar-refractivity contribution in [2.75, 3.05) is 18.0 Å². The van der Waals surface area contributed by atoms with Crippen LogP contribution in [-0.4, -0.2) is 29.2 Å². The van der Waals surface area contributed by atoms with Crippen molar-refractivity contribution in [3.8, 4) is 10.6 Å². The molecule has 29 heavy (non-hydrogen) atoms. The van der Waals surface area contributed by atoms with Gasteiger partial charge in [0.25, 0.3) is 0 Å². The van der Waals surface area contributed by atoms with Crippen molar-refractivity contribution in [3.63, 3.8) is 0 Å². The highest BCUT2D eigenvalue weighted by Gasteiger charge is 2.26. The van der Waals surface area contributed by atoms with Gasteiger partial charge in [-0.2, -0.15) is 0 Å². The van der Waals surface area contributed by atoms with Gasteiger partial charge in [-0.1, -0.05) is 12.1 Å². The van der Waals surface area contributed by atoms with E-state index in [9.17, 15) is 13.6 Å². The van der Waals surface area contributed by atoms with Gasteiger partial charge in [-0.3, -0.25) is 4.79 Å². The molecule has 1 aliphatic rings. The van der Waals surface area contributed by atoms with Gasteiger partial charge in [-0.25, -0.2) is 8.78 Å². The van der Waals surface area contributed by atoms with Gasteiger partial charge in [0, 0.05) is 31.1 Å². The van der Waals surface area contributed by atoms with Crippen LogP contribution in [0.2, 0.25) is 0 Å². The molecule has 1 N–H and O–H groups in total. The molecule has 2 aromatic heterocycles. The summed E-state index contributed by atoms with van der Waals surface area (Å²) in [6.07, 6.45) is 1.31. The molecule has 0 atom stereocenters. The van der Waals surface area contributed by atoms with E-state index in [1.54, 1.807) is 11.3 Å². The van der Waals surface area contributed by atoms with E-state index in [1.807, 2.05) is 29.6 Å². The Morgan fingerprint density at radius 1 is 1.07 bits per heavy atom. The zero-order valence-electron chi connectivity index (χ0n) is 15.6. The average Bonchev–Trinajstić information content (AvgIpc) is 3.28. The van der Waals surface area contributed by atoms with Crippen LogP contribution in [0, 0.1) is 17.6 Å². The molecule has 1 saturated heterocycles. The van der Waals surface area contributed by atoms with Crippen molar-refractivity contribution in [2.45, 2.75) is 19.4 Å². The van der Waals surface area contributed by atoms with Gasteiger partial charge in [0.2, 0.25) is 5.91 Å². The van der Waals surface area contributed by atoms with Crippen molar-refractivity contribution in [1.29, 1.82) is 0 Å². The summed E-state index contributed by atoms with van der Waals surface area (Å²) in [7, 11) is 0. The number of carbonyl (C=O) groups excluding carboxylic acids is 1. The van der Waals surface area contributed by atoms with Gasteiger partial charge < -0.3 is 10.2 Å². The van der Waals surface area contributed by atoms with Crippen molar-refractivity contribution in [3.05, 3.63) is 65.0 Å². The van der Waals surface area contributed by atoms with Crippen LogP contribution in [-0.2, 0) is 11.3 Å². The number of piperidine rings is 1. The summed E-state index contributed by atoms with van der Waals surface area (Å²) >= 11 is 1.62. The zero-order chi connectivity index (χ0) is 20.2. The van der Waals surface area contributed by atoms with Gasteiger partial charge in [0.1, 0.15) is 17.3 Å². The number of thiophene rings is 1. The zero-order valence-corrected chi connectivity index (χ0v) is 16.5. The summed E-state index contributed by atoms with van der Waals surface area (Å²) < 4.78 is 27.4. The van der Waals surface area contributed by atoms with Crippen LogP contribution in [0.15, 0.2) is 47.8 Å². The van der Waals surface area contributed by atoms with Crippen LogP contribution in [0.5, 0.6) is 0 Å². The van der Waals surface area contributed by atoms with Crippen LogP contribution < -0.4 is 10.2 Å².